The molecule has 0 amide bonds. The number of hydrogen-bond acceptors (Lipinski definition) is 3. The molecule has 0 saturated heterocycles. The number of nitro groups is 1. The molecule has 5 heteroatoms. The zero-order chi connectivity index (χ0) is 15.2. The summed E-state index contributed by atoms with van der Waals surface area (Å²) in [5.41, 5.74) is 2.77. The molecule has 0 atom stereocenters. The van der Waals surface area contributed by atoms with Crippen molar-refractivity contribution in [2.45, 2.75) is 32.6 Å². The Bertz CT molecular complexity index is 627. The van der Waals surface area contributed by atoms with Crippen LogP contribution in [-0.4, -0.2) is 9.91 Å². The Labute approximate surface area is 132 Å². The molecular weight excluding hydrogens is 332 g/mol. The van der Waals surface area contributed by atoms with E-state index in [0.717, 1.165) is 17.7 Å². The third-order valence-corrected chi connectivity index (χ3v) is 4.00. The van der Waals surface area contributed by atoms with E-state index in [1.807, 2.05) is 24.4 Å². The van der Waals surface area contributed by atoms with Gasteiger partial charge in [-0.1, -0.05) is 31.9 Å². The van der Waals surface area contributed by atoms with E-state index in [1.165, 1.54) is 24.8 Å². The topological polar surface area (TPSA) is 56.0 Å². The fraction of sp³-hybridized carbons (Fsp3) is 0.312. The van der Waals surface area contributed by atoms with Crippen LogP contribution in [-0.2, 0) is 6.42 Å². The van der Waals surface area contributed by atoms with Gasteiger partial charge in [0.1, 0.15) is 0 Å². The number of aryl methyl sites for hydroxylation is 1. The minimum absolute atomic E-state index is 0.0568. The van der Waals surface area contributed by atoms with Gasteiger partial charge in [0.15, 0.2) is 0 Å². The molecule has 0 spiro atoms. The SMILES string of the molecule is CCCCCc1ccc(-c2ccc(Br)c([N+](=O)[O-])c2)nc1. The fourth-order valence-corrected chi connectivity index (χ4v) is 2.53. The number of nitro benzene ring substituents is 1. The minimum atomic E-state index is -0.396. The lowest BCUT2D eigenvalue weighted by molar-refractivity contribution is -0.385. The molecule has 1 heterocycles. The summed E-state index contributed by atoms with van der Waals surface area (Å²) in [5, 5.41) is 11.0. The van der Waals surface area contributed by atoms with Crippen molar-refractivity contribution in [1.82, 2.24) is 4.98 Å². The van der Waals surface area contributed by atoms with Crippen LogP contribution in [0.25, 0.3) is 11.3 Å². The van der Waals surface area contributed by atoms with Crippen molar-refractivity contribution >= 4 is 21.6 Å². The van der Waals surface area contributed by atoms with Gasteiger partial charge in [-0.15, -0.1) is 0 Å². The molecule has 110 valence electrons. The summed E-state index contributed by atoms with van der Waals surface area (Å²) in [6.07, 6.45) is 6.48. The van der Waals surface area contributed by atoms with E-state index in [9.17, 15) is 10.1 Å². The summed E-state index contributed by atoms with van der Waals surface area (Å²) < 4.78 is 0.479. The van der Waals surface area contributed by atoms with Gasteiger partial charge in [0.2, 0.25) is 0 Å². The predicted octanol–water partition coefficient (Wildman–Crippen LogP) is 5.15. The highest BCUT2D eigenvalue weighted by Gasteiger charge is 2.13. The summed E-state index contributed by atoms with van der Waals surface area (Å²) >= 11 is 3.19. The van der Waals surface area contributed by atoms with E-state index in [1.54, 1.807) is 12.1 Å². The van der Waals surface area contributed by atoms with E-state index in [-0.39, 0.29) is 5.69 Å². The first-order valence-corrected chi connectivity index (χ1v) is 7.80. The lowest BCUT2D eigenvalue weighted by Crippen LogP contribution is -1.92. The maximum Gasteiger partial charge on any atom is 0.284 e. The van der Waals surface area contributed by atoms with Crippen LogP contribution >= 0.6 is 15.9 Å². The predicted molar refractivity (Wildman–Crippen MR) is 87.3 cm³/mol. The van der Waals surface area contributed by atoms with Crippen LogP contribution in [0.4, 0.5) is 5.69 Å². The van der Waals surface area contributed by atoms with Gasteiger partial charge in [-0.05, 0) is 46.5 Å². The van der Waals surface area contributed by atoms with Gasteiger partial charge in [-0.25, -0.2) is 0 Å². The Hall–Kier alpha value is -1.75. The molecule has 2 aromatic rings. The van der Waals surface area contributed by atoms with Crippen LogP contribution in [0.15, 0.2) is 41.0 Å². The van der Waals surface area contributed by atoms with E-state index < -0.39 is 4.92 Å². The maximum atomic E-state index is 11.0. The summed E-state index contributed by atoms with van der Waals surface area (Å²) in [4.78, 5) is 15.0. The third-order valence-electron chi connectivity index (χ3n) is 3.33. The second kappa shape index (κ2) is 7.31. The Balaban J connectivity index is 2.18. The monoisotopic (exact) mass is 348 g/mol. The van der Waals surface area contributed by atoms with Gasteiger partial charge < -0.3 is 0 Å². The van der Waals surface area contributed by atoms with Gasteiger partial charge in [0, 0.05) is 17.8 Å². The normalized spacial score (nSPS) is 10.6. The highest BCUT2D eigenvalue weighted by atomic mass is 79.9. The molecule has 0 bridgehead atoms. The van der Waals surface area contributed by atoms with Crippen LogP contribution in [0.2, 0.25) is 0 Å². The van der Waals surface area contributed by atoms with Crippen LogP contribution in [0, 0.1) is 10.1 Å². The molecule has 1 aromatic carbocycles. The van der Waals surface area contributed by atoms with Crippen molar-refractivity contribution in [2.24, 2.45) is 0 Å². The van der Waals surface area contributed by atoms with E-state index >= 15 is 0 Å². The number of rotatable bonds is 6. The number of benzene rings is 1. The fourth-order valence-electron chi connectivity index (χ4n) is 2.13. The summed E-state index contributed by atoms with van der Waals surface area (Å²) in [6.45, 7) is 2.18. The quantitative estimate of drug-likeness (QED) is 0.412. The van der Waals surface area contributed by atoms with E-state index in [4.69, 9.17) is 0 Å². The Morgan fingerprint density at radius 3 is 2.67 bits per heavy atom. The molecule has 1 aromatic heterocycles. The molecule has 0 saturated carbocycles. The molecule has 0 aliphatic rings. The summed E-state index contributed by atoms with van der Waals surface area (Å²) in [7, 11) is 0. The first-order chi connectivity index (χ1) is 10.1. The van der Waals surface area contributed by atoms with Gasteiger partial charge in [0.05, 0.1) is 15.1 Å². The largest absolute Gasteiger partial charge is 0.284 e. The zero-order valence-corrected chi connectivity index (χ0v) is 13.5. The average molecular weight is 349 g/mol. The minimum Gasteiger partial charge on any atom is -0.258 e. The number of halogens is 1. The molecule has 0 N–H and O–H groups in total. The zero-order valence-electron chi connectivity index (χ0n) is 11.9. The molecule has 0 radical (unpaired) electrons. The lowest BCUT2D eigenvalue weighted by Gasteiger charge is -2.04. The first-order valence-electron chi connectivity index (χ1n) is 7.01. The highest BCUT2D eigenvalue weighted by Crippen LogP contribution is 2.29. The standard InChI is InChI=1S/C16H17BrN2O2/c1-2-3-4-5-12-6-9-15(18-11-12)13-7-8-14(17)16(10-13)19(20)21/h6-11H,2-5H2,1H3. The van der Waals surface area contributed by atoms with E-state index in [2.05, 4.69) is 27.8 Å². The van der Waals surface area contributed by atoms with Crippen LogP contribution in [0.5, 0.6) is 0 Å². The van der Waals surface area contributed by atoms with Crippen molar-refractivity contribution in [2.75, 3.05) is 0 Å². The molecule has 21 heavy (non-hydrogen) atoms. The van der Waals surface area contributed by atoms with Gasteiger partial charge in [-0.3, -0.25) is 15.1 Å². The summed E-state index contributed by atoms with van der Waals surface area (Å²) in [6, 6.07) is 9.03. The van der Waals surface area contributed by atoms with Crippen molar-refractivity contribution in [3.63, 3.8) is 0 Å². The number of unbranched alkanes of at least 4 members (excludes halogenated alkanes) is 2. The molecule has 0 unspecified atom stereocenters. The van der Waals surface area contributed by atoms with Crippen molar-refractivity contribution < 1.29 is 4.92 Å². The molecule has 4 nitrogen and oxygen atoms in total. The van der Waals surface area contributed by atoms with Gasteiger partial charge >= 0.3 is 0 Å². The van der Waals surface area contributed by atoms with Crippen molar-refractivity contribution in [1.29, 1.82) is 0 Å². The van der Waals surface area contributed by atoms with Crippen molar-refractivity contribution in [3.05, 3.63) is 56.7 Å². The van der Waals surface area contributed by atoms with Crippen LogP contribution in [0.1, 0.15) is 31.7 Å². The van der Waals surface area contributed by atoms with Crippen LogP contribution in [0.3, 0.4) is 0 Å². The number of nitrogens with zero attached hydrogens (tertiary/aromatic N) is 2. The average Bonchev–Trinajstić information content (AvgIpc) is 2.48. The Morgan fingerprint density at radius 1 is 1.24 bits per heavy atom. The Morgan fingerprint density at radius 2 is 2.05 bits per heavy atom. The molecule has 0 aliphatic heterocycles. The number of pyridine rings is 1. The lowest BCUT2D eigenvalue weighted by atomic mass is 10.1. The second-order valence-corrected chi connectivity index (χ2v) is 5.79. The van der Waals surface area contributed by atoms with Gasteiger partial charge in [-0.2, -0.15) is 0 Å². The number of hydrogen-bond donors (Lipinski definition) is 0. The number of aromatic nitrogens is 1. The van der Waals surface area contributed by atoms with Crippen molar-refractivity contribution in [3.8, 4) is 11.3 Å². The molecular formula is C16H17BrN2O2. The third kappa shape index (κ3) is 4.11. The highest BCUT2D eigenvalue weighted by molar-refractivity contribution is 9.10. The molecule has 0 aliphatic carbocycles. The molecule has 2 rings (SSSR count). The second-order valence-electron chi connectivity index (χ2n) is 4.93. The summed E-state index contributed by atoms with van der Waals surface area (Å²) in [5.74, 6) is 0. The van der Waals surface area contributed by atoms with Gasteiger partial charge in [0.25, 0.3) is 5.69 Å². The molecule has 0 fully saturated rings. The smallest absolute Gasteiger partial charge is 0.258 e. The maximum absolute atomic E-state index is 11.0. The van der Waals surface area contributed by atoms with Crippen LogP contribution < -0.4 is 0 Å². The Kier molecular flexibility index (Phi) is 5.44. The van der Waals surface area contributed by atoms with E-state index in [0.29, 0.717) is 4.47 Å². The first kappa shape index (κ1) is 15.6.